The molecule has 23 heavy (non-hydrogen) atoms. The number of nitrogens with one attached hydrogen (secondary N) is 1. The maximum absolute atomic E-state index is 13.1. The fourth-order valence-corrected chi connectivity index (χ4v) is 1.81. The normalized spacial score (nSPS) is 10.2. The second-order valence-corrected chi connectivity index (χ2v) is 4.67. The minimum Gasteiger partial charge on any atom is -0.477 e. The molecule has 0 saturated carbocycles. The van der Waals surface area contributed by atoms with Crippen LogP contribution >= 0.6 is 0 Å². The zero-order valence-electron chi connectivity index (χ0n) is 12.0. The van der Waals surface area contributed by atoms with E-state index in [-0.39, 0.29) is 11.4 Å². The van der Waals surface area contributed by atoms with Crippen molar-refractivity contribution in [2.24, 2.45) is 0 Å². The van der Waals surface area contributed by atoms with E-state index < -0.39 is 34.8 Å². The first kappa shape index (κ1) is 16.3. The molecule has 0 saturated heterocycles. The van der Waals surface area contributed by atoms with Crippen LogP contribution in [0.15, 0.2) is 36.4 Å². The molecular formula is C15H12F2N2O4. The number of benzene rings is 2. The number of amides is 1. The third-order valence-corrected chi connectivity index (χ3v) is 2.95. The summed E-state index contributed by atoms with van der Waals surface area (Å²) < 4.78 is 31.3. The molecule has 0 spiro atoms. The number of carbonyl (C=O) groups excluding carboxylic acids is 1. The van der Waals surface area contributed by atoms with Crippen molar-refractivity contribution < 1.29 is 23.2 Å². The second-order valence-electron chi connectivity index (χ2n) is 4.67. The average molecular weight is 322 g/mol. The number of nitrogens with zero attached hydrogens (tertiary/aromatic N) is 1. The third kappa shape index (κ3) is 4.22. The number of ether oxygens (including phenoxy) is 1. The standard InChI is InChI=1S/C15H12F2N2O4/c1-9-2-3-10(16)6-12(9)18-15(20)8-23-14-7-11(17)4-5-13(14)19(21)22/h2-7H,8H2,1H3,(H,18,20). The number of hydrogen-bond acceptors (Lipinski definition) is 4. The molecule has 0 unspecified atom stereocenters. The Kier molecular flexibility index (Phi) is 4.85. The zero-order valence-corrected chi connectivity index (χ0v) is 12.0. The van der Waals surface area contributed by atoms with Crippen LogP contribution in [0.5, 0.6) is 5.75 Å². The molecule has 0 fully saturated rings. The molecule has 2 rings (SSSR count). The lowest BCUT2D eigenvalue weighted by Crippen LogP contribution is -2.21. The Bertz CT molecular complexity index is 765. The van der Waals surface area contributed by atoms with Gasteiger partial charge in [0.15, 0.2) is 6.61 Å². The summed E-state index contributed by atoms with van der Waals surface area (Å²) in [6.07, 6.45) is 0. The predicted molar refractivity (Wildman–Crippen MR) is 78.3 cm³/mol. The SMILES string of the molecule is Cc1ccc(F)cc1NC(=O)COc1cc(F)ccc1[N+](=O)[O-]. The number of hydrogen-bond donors (Lipinski definition) is 1. The molecule has 6 nitrogen and oxygen atoms in total. The van der Waals surface area contributed by atoms with Crippen molar-refractivity contribution in [3.05, 3.63) is 63.7 Å². The molecule has 1 amide bonds. The molecule has 0 aromatic heterocycles. The molecule has 120 valence electrons. The molecule has 2 aromatic carbocycles. The van der Waals surface area contributed by atoms with Crippen LogP contribution in [0.25, 0.3) is 0 Å². The zero-order chi connectivity index (χ0) is 17.0. The van der Waals surface area contributed by atoms with Crippen molar-refractivity contribution in [3.8, 4) is 5.75 Å². The Morgan fingerprint density at radius 3 is 2.57 bits per heavy atom. The second kappa shape index (κ2) is 6.82. The number of rotatable bonds is 5. The summed E-state index contributed by atoms with van der Waals surface area (Å²) in [5.74, 6) is -2.27. The summed E-state index contributed by atoms with van der Waals surface area (Å²) in [4.78, 5) is 21.9. The van der Waals surface area contributed by atoms with Crippen LogP contribution in [0.3, 0.4) is 0 Å². The van der Waals surface area contributed by atoms with Gasteiger partial charge in [0.25, 0.3) is 5.91 Å². The molecule has 0 aliphatic heterocycles. The average Bonchev–Trinajstić information content (AvgIpc) is 2.48. The van der Waals surface area contributed by atoms with E-state index in [0.29, 0.717) is 5.56 Å². The third-order valence-electron chi connectivity index (χ3n) is 2.95. The lowest BCUT2D eigenvalue weighted by atomic mass is 10.2. The first-order valence-electron chi connectivity index (χ1n) is 6.49. The van der Waals surface area contributed by atoms with Crippen LogP contribution in [-0.2, 0) is 4.79 Å². The maximum Gasteiger partial charge on any atom is 0.311 e. The largest absolute Gasteiger partial charge is 0.477 e. The van der Waals surface area contributed by atoms with Crippen molar-refractivity contribution in [3.63, 3.8) is 0 Å². The van der Waals surface area contributed by atoms with E-state index in [0.717, 1.165) is 24.3 Å². The van der Waals surface area contributed by atoms with Crippen LogP contribution < -0.4 is 10.1 Å². The Morgan fingerprint density at radius 1 is 1.22 bits per heavy atom. The fraction of sp³-hybridized carbons (Fsp3) is 0.133. The Morgan fingerprint density at radius 2 is 1.87 bits per heavy atom. The summed E-state index contributed by atoms with van der Waals surface area (Å²) in [6, 6.07) is 6.55. The summed E-state index contributed by atoms with van der Waals surface area (Å²) >= 11 is 0. The van der Waals surface area contributed by atoms with E-state index in [4.69, 9.17) is 4.74 Å². The molecule has 0 radical (unpaired) electrons. The summed E-state index contributed by atoms with van der Waals surface area (Å²) in [5, 5.41) is 13.2. The van der Waals surface area contributed by atoms with Crippen molar-refractivity contribution in [2.75, 3.05) is 11.9 Å². The van der Waals surface area contributed by atoms with Crippen molar-refractivity contribution in [1.29, 1.82) is 0 Å². The van der Waals surface area contributed by atoms with Gasteiger partial charge in [-0.2, -0.15) is 0 Å². The highest BCUT2D eigenvalue weighted by atomic mass is 19.1. The number of nitro benzene ring substituents is 1. The molecule has 8 heteroatoms. The van der Waals surface area contributed by atoms with Crippen LogP contribution in [0, 0.1) is 28.7 Å². The Balaban J connectivity index is 2.06. The highest BCUT2D eigenvalue weighted by Crippen LogP contribution is 2.27. The van der Waals surface area contributed by atoms with Gasteiger partial charge in [-0.1, -0.05) is 6.07 Å². The number of aryl methyl sites for hydroxylation is 1. The number of nitro groups is 1. The van der Waals surface area contributed by atoms with E-state index in [2.05, 4.69) is 5.32 Å². The van der Waals surface area contributed by atoms with Gasteiger partial charge in [-0.3, -0.25) is 14.9 Å². The molecule has 1 N–H and O–H groups in total. The lowest BCUT2D eigenvalue weighted by Gasteiger charge is -2.10. The van der Waals surface area contributed by atoms with Gasteiger partial charge in [0, 0.05) is 17.8 Å². The predicted octanol–water partition coefficient (Wildman–Crippen LogP) is 3.20. The van der Waals surface area contributed by atoms with E-state index in [9.17, 15) is 23.7 Å². The lowest BCUT2D eigenvalue weighted by molar-refractivity contribution is -0.385. The fourth-order valence-electron chi connectivity index (χ4n) is 1.81. The monoisotopic (exact) mass is 322 g/mol. The minimum absolute atomic E-state index is 0.257. The van der Waals surface area contributed by atoms with E-state index in [1.54, 1.807) is 6.92 Å². The maximum atomic E-state index is 13.1. The molecule has 0 bridgehead atoms. The Labute approximate surface area is 129 Å². The molecule has 0 heterocycles. The van der Waals surface area contributed by atoms with E-state index >= 15 is 0 Å². The summed E-state index contributed by atoms with van der Waals surface area (Å²) in [6.45, 7) is 1.09. The van der Waals surface area contributed by atoms with Crippen LogP contribution in [-0.4, -0.2) is 17.4 Å². The van der Waals surface area contributed by atoms with Gasteiger partial charge < -0.3 is 10.1 Å². The number of anilines is 1. The van der Waals surface area contributed by atoms with Gasteiger partial charge in [0.1, 0.15) is 11.6 Å². The van der Waals surface area contributed by atoms with Gasteiger partial charge in [0.2, 0.25) is 5.75 Å². The Hall–Kier alpha value is -3.03. The molecule has 0 atom stereocenters. The quantitative estimate of drug-likeness (QED) is 0.677. The van der Waals surface area contributed by atoms with Crippen LogP contribution in [0.2, 0.25) is 0 Å². The summed E-state index contributed by atoms with van der Waals surface area (Å²) in [5.41, 5.74) is 0.435. The van der Waals surface area contributed by atoms with Gasteiger partial charge in [-0.15, -0.1) is 0 Å². The molecular weight excluding hydrogens is 310 g/mol. The van der Waals surface area contributed by atoms with Gasteiger partial charge in [-0.05, 0) is 30.7 Å². The molecule has 2 aromatic rings. The van der Waals surface area contributed by atoms with Gasteiger partial charge >= 0.3 is 5.69 Å². The van der Waals surface area contributed by atoms with Crippen molar-refractivity contribution >= 4 is 17.3 Å². The highest BCUT2D eigenvalue weighted by Gasteiger charge is 2.17. The van der Waals surface area contributed by atoms with E-state index in [1.165, 1.54) is 12.1 Å². The highest BCUT2D eigenvalue weighted by molar-refractivity contribution is 5.92. The first-order chi connectivity index (χ1) is 10.9. The first-order valence-corrected chi connectivity index (χ1v) is 6.49. The topological polar surface area (TPSA) is 81.5 Å². The number of halogens is 2. The number of carbonyl (C=O) groups is 1. The molecule has 0 aliphatic rings. The van der Waals surface area contributed by atoms with Crippen molar-refractivity contribution in [1.82, 2.24) is 0 Å². The van der Waals surface area contributed by atoms with Crippen LogP contribution in [0.1, 0.15) is 5.56 Å². The smallest absolute Gasteiger partial charge is 0.311 e. The summed E-state index contributed by atoms with van der Waals surface area (Å²) in [7, 11) is 0. The van der Waals surface area contributed by atoms with Gasteiger partial charge in [0.05, 0.1) is 4.92 Å². The van der Waals surface area contributed by atoms with E-state index in [1.807, 2.05) is 0 Å². The minimum atomic E-state index is -0.747. The van der Waals surface area contributed by atoms with Crippen molar-refractivity contribution in [2.45, 2.75) is 6.92 Å². The van der Waals surface area contributed by atoms with Gasteiger partial charge in [-0.25, -0.2) is 8.78 Å². The van der Waals surface area contributed by atoms with Crippen LogP contribution in [0.4, 0.5) is 20.2 Å². The molecule has 0 aliphatic carbocycles.